The lowest BCUT2D eigenvalue weighted by molar-refractivity contribution is -0.0554. The number of H-pyrrole nitrogens is 1. The molecule has 1 aliphatic heterocycles. The molecule has 1 fully saturated rings. The van der Waals surface area contributed by atoms with Gasteiger partial charge in [-0.25, -0.2) is 4.79 Å². The van der Waals surface area contributed by atoms with Crippen molar-refractivity contribution >= 4 is 0 Å². The lowest BCUT2D eigenvalue weighted by atomic mass is 10.1. The predicted octanol–water partition coefficient (Wildman–Crippen LogP) is -1.68. The maximum Gasteiger partial charge on any atom is 0.330 e. The summed E-state index contributed by atoms with van der Waals surface area (Å²) < 4.78 is 11.5. The number of nitrogens with zero attached hydrogens (tertiary/aromatic N) is 1. The monoisotopic (exact) mass is 270 g/mol. The topological polar surface area (TPSA) is 114 Å². The maximum absolute atomic E-state index is 11.6. The van der Waals surface area contributed by atoms with E-state index in [2.05, 4.69) is 11.6 Å². The number of rotatable bonds is 4. The molecular weight excluding hydrogens is 256 g/mol. The quantitative estimate of drug-likeness (QED) is 0.563. The fourth-order valence-corrected chi connectivity index (χ4v) is 2.00. The Morgan fingerprint density at radius 1 is 1.58 bits per heavy atom. The average Bonchev–Trinajstić information content (AvgIpc) is 2.68. The summed E-state index contributed by atoms with van der Waals surface area (Å²) in [7, 11) is 0. The first-order valence-electron chi connectivity index (χ1n) is 5.60. The Morgan fingerprint density at radius 3 is 2.89 bits per heavy atom. The molecule has 0 radical (unpaired) electrons. The second-order valence-electron chi connectivity index (χ2n) is 4.02. The molecule has 0 aliphatic carbocycles. The van der Waals surface area contributed by atoms with Crippen molar-refractivity contribution in [3.05, 3.63) is 45.9 Å². The van der Waals surface area contributed by atoms with Gasteiger partial charge in [-0.1, -0.05) is 6.58 Å². The van der Waals surface area contributed by atoms with Crippen molar-refractivity contribution in [1.29, 1.82) is 0 Å². The van der Waals surface area contributed by atoms with Gasteiger partial charge in [-0.15, -0.1) is 0 Å². The molecule has 0 saturated carbocycles. The summed E-state index contributed by atoms with van der Waals surface area (Å²) in [5.41, 5.74) is -1.26. The van der Waals surface area contributed by atoms with Crippen LogP contribution in [0.4, 0.5) is 0 Å². The Balaban J connectivity index is 2.33. The lowest BCUT2D eigenvalue weighted by Gasteiger charge is -2.18. The van der Waals surface area contributed by atoms with Crippen molar-refractivity contribution < 1.29 is 19.7 Å². The minimum Gasteiger partial charge on any atom is -0.493 e. The molecule has 0 bridgehead atoms. The van der Waals surface area contributed by atoms with Gasteiger partial charge in [-0.05, 0) is 0 Å². The molecule has 1 saturated heterocycles. The molecule has 104 valence electrons. The van der Waals surface area contributed by atoms with Crippen LogP contribution in [0.25, 0.3) is 0 Å². The Hall–Kier alpha value is -1.90. The Kier molecular flexibility index (Phi) is 3.84. The van der Waals surface area contributed by atoms with E-state index in [-0.39, 0.29) is 6.61 Å². The van der Waals surface area contributed by atoms with Gasteiger partial charge < -0.3 is 19.7 Å². The van der Waals surface area contributed by atoms with E-state index < -0.39 is 35.8 Å². The molecule has 1 aliphatic rings. The number of aromatic nitrogens is 2. The number of aromatic amines is 1. The third-order valence-electron chi connectivity index (χ3n) is 2.87. The van der Waals surface area contributed by atoms with Gasteiger partial charge in [0.2, 0.25) is 0 Å². The van der Waals surface area contributed by atoms with Crippen LogP contribution in [0.15, 0.2) is 34.7 Å². The minimum absolute atomic E-state index is 0.385. The Morgan fingerprint density at radius 2 is 2.32 bits per heavy atom. The number of hydrogen-bond acceptors (Lipinski definition) is 6. The molecular formula is C11H14N2O6. The molecule has 19 heavy (non-hydrogen) atoms. The van der Waals surface area contributed by atoms with E-state index in [1.54, 1.807) is 0 Å². The summed E-state index contributed by atoms with van der Waals surface area (Å²) in [6.07, 6.45) is -1.54. The van der Waals surface area contributed by atoms with Gasteiger partial charge in [0.05, 0.1) is 12.9 Å². The van der Waals surface area contributed by atoms with Crippen LogP contribution in [0.5, 0.6) is 0 Å². The van der Waals surface area contributed by atoms with Gasteiger partial charge in [0.1, 0.15) is 12.2 Å². The second kappa shape index (κ2) is 5.39. The first-order valence-corrected chi connectivity index (χ1v) is 5.60. The minimum atomic E-state index is -1.18. The van der Waals surface area contributed by atoms with E-state index in [1.807, 2.05) is 0 Å². The summed E-state index contributed by atoms with van der Waals surface area (Å²) in [4.78, 5) is 24.7. The van der Waals surface area contributed by atoms with Crippen LogP contribution in [0.2, 0.25) is 0 Å². The fourth-order valence-electron chi connectivity index (χ4n) is 2.00. The zero-order valence-corrected chi connectivity index (χ0v) is 9.93. The second-order valence-corrected chi connectivity index (χ2v) is 4.02. The van der Waals surface area contributed by atoms with Crippen molar-refractivity contribution in [2.45, 2.75) is 24.5 Å². The van der Waals surface area contributed by atoms with E-state index in [4.69, 9.17) is 14.6 Å². The SMILES string of the molecule is C=CO[C@@H]1[C@H](O)[C@H](n2ccc(=O)[nH]c2=O)O[C@@H]1CO. The number of ether oxygens (including phenoxy) is 2. The summed E-state index contributed by atoms with van der Waals surface area (Å²) in [5, 5.41) is 19.2. The highest BCUT2D eigenvalue weighted by Gasteiger charge is 2.45. The van der Waals surface area contributed by atoms with Crippen LogP contribution in [0.3, 0.4) is 0 Å². The van der Waals surface area contributed by atoms with Gasteiger partial charge in [-0.2, -0.15) is 0 Å². The number of aliphatic hydroxyl groups is 2. The van der Waals surface area contributed by atoms with Gasteiger partial charge in [-0.3, -0.25) is 14.3 Å². The van der Waals surface area contributed by atoms with E-state index in [0.29, 0.717) is 0 Å². The summed E-state index contributed by atoms with van der Waals surface area (Å²) in [6.45, 7) is 2.98. The van der Waals surface area contributed by atoms with Crippen molar-refractivity contribution in [1.82, 2.24) is 9.55 Å². The number of nitrogens with one attached hydrogen (secondary N) is 1. The zero-order chi connectivity index (χ0) is 14.0. The average molecular weight is 270 g/mol. The maximum atomic E-state index is 11.6. The van der Waals surface area contributed by atoms with Gasteiger partial charge in [0, 0.05) is 12.3 Å². The molecule has 0 unspecified atom stereocenters. The molecule has 8 heteroatoms. The molecule has 0 amide bonds. The molecule has 3 N–H and O–H groups in total. The lowest BCUT2D eigenvalue weighted by Crippen LogP contribution is -2.38. The van der Waals surface area contributed by atoms with Crippen molar-refractivity contribution in [3.8, 4) is 0 Å². The van der Waals surface area contributed by atoms with E-state index >= 15 is 0 Å². The van der Waals surface area contributed by atoms with E-state index in [9.17, 15) is 14.7 Å². The largest absolute Gasteiger partial charge is 0.493 e. The van der Waals surface area contributed by atoms with Gasteiger partial charge in [0.15, 0.2) is 12.3 Å². The van der Waals surface area contributed by atoms with Crippen LogP contribution in [-0.4, -0.2) is 44.7 Å². The first kappa shape index (κ1) is 13.5. The molecule has 1 aromatic heterocycles. The standard InChI is InChI=1S/C11H14N2O6/c1-2-18-9-6(5-14)19-10(8(9)16)13-4-3-7(15)12-11(13)17/h2-4,6,8-10,14,16H,1,5H2,(H,12,15,17)/t6-,8+,9+,10-/m1/s1. The molecule has 2 heterocycles. The third kappa shape index (κ3) is 2.46. The third-order valence-corrected chi connectivity index (χ3v) is 2.87. The normalized spacial score (nSPS) is 30.2. The van der Waals surface area contributed by atoms with Gasteiger partial charge in [0.25, 0.3) is 5.56 Å². The van der Waals surface area contributed by atoms with Crippen molar-refractivity contribution in [2.24, 2.45) is 0 Å². The highest BCUT2D eigenvalue weighted by molar-refractivity contribution is 4.94. The van der Waals surface area contributed by atoms with Crippen LogP contribution < -0.4 is 11.2 Å². The molecule has 8 nitrogen and oxygen atoms in total. The fraction of sp³-hybridized carbons (Fsp3) is 0.455. The molecule has 0 aromatic carbocycles. The van der Waals surface area contributed by atoms with Crippen LogP contribution in [0.1, 0.15) is 6.23 Å². The summed E-state index contributed by atoms with van der Waals surface area (Å²) in [5.74, 6) is 0. The number of hydrogen-bond donors (Lipinski definition) is 3. The first-order chi connectivity index (χ1) is 9.08. The van der Waals surface area contributed by atoms with Crippen LogP contribution >= 0.6 is 0 Å². The summed E-state index contributed by atoms with van der Waals surface area (Å²) in [6, 6.07) is 1.13. The predicted molar refractivity (Wildman–Crippen MR) is 63.4 cm³/mol. The van der Waals surface area contributed by atoms with Crippen molar-refractivity contribution in [2.75, 3.05) is 6.61 Å². The van der Waals surface area contributed by atoms with E-state index in [0.717, 1.165) is 16.9 Å². The van der Waals surface area contributed by atoms with Crippen LogP contribution in [0, 0.1) is 0 Å². The summed E-state index contributed by atoms with van der Waals surface area (Å²) >= 11 is 0. The van der Waals surface area contributed by atoms with Crippen LogP contribution in [-0.2, 0) is 9.47 Å². The van der Waals surface area contributed by atoms with Crippen molar-refractivity contribution in [3.63, 3.8) is 0 Å². The van der Waals surface area contributed by atoms with Gasteiger partial charge >= 0.3 is 5.69 Å². The number of aliphatic hydroxyl groups excluding tert-OH is 2. The Labute approximate surface area is 107 Å². The van der Waals surface area contributed by atoms with E-state index in [1.165, 1.54) is 6.20 Å². The molecule has 0 spiro atoms. The Bertz CT molecular complexity index is 565. The molecule has 4 atom stereocenters. The smallest absolute Gasteiger partial charge is 0.330 e. The molecule has 2 rings (SSSR count). The highest BCUT2D eigenvalue weighted by Crippen LogP contribution is 2.30. The zero-order valence-electron chi connectivity index (χ0n) is 9.93. The highest BCUT2D eigenvalue weighted by atomic mass is 16.6. The molecule has 1 aromatic rings.